The number of amides is 2. The highest BCUT2D eigenvalue weighted by Crippen LogP contribution is 2.26. The summed E-state index contributed by atoms with van der Waals surface area (Å²) in [5, 5.41) is 5.38. The SMILES string of the molecule is CN1CCCCC(CNC(=O)NCc2ccccc2OC(F)(F)F)C1. The van der Waals surface area contributed by atoms with Gasteiger partial charge in [0.2, 0.25) is 0 Å². The fourth-order valence-electron chi connectivity index (χ4n) is 2.95. The maximum atomic E-state index is 12.4. The van der Waals surface area contributed by atoms with Gasteiger partial charge < -0.3 is 20.3 Å². The summed E-state index contributed by atoms with van der Waals surface area (Å²) in [5.74, 6) is 0.0831. The maximum absolute atomic E-state index is 12.4. The molecule has 1 unspecified atom stereocenters. The van der Waals surface area contributed by atoms with Crippen LogP contribution in [0.4, 0.5) is 18.0 Å². The zero-order valence-corrected chi connectivity index (χ0v) is 14.2. The van der Waals surface area contributed by atoms with Crippen molar-refractivity contribution in [2.24, 2.45) is 5.92 Å². The number of hydrogen-bond acceptors (Lipinski definition) is 3. The molecule has 2 amide bonds. The number of hydrogen-bond donors (Lipinski definition) is 2. The van der Waals surface area contributed by atoms with Crippen molar-refractivity contribution in [3.05, 3.63) is 29.8 Å². The van der Waals surface area contributed by atoms with Gasteiger partial charge in [-0.2, -0.15) is 0 Å². The first-order valence-corrected chi connectivity index (χ1v) is 8.37. The Morgan fingerprint density at radius 1 is 1.28 bits per heavy atom. The lowest BCUT2D eigenvalue weighted by Gasteiger charge is -2.20. The third kappa shape index (κ3) is 7.21. The van der Waals surface area contributed by atoms with Crippen molar-refractivity contribution in [1.29, 1.82) is 0 Å². The second-order valence-corrected chi connectivity index (χ2v) is 6.34. The monoisotopic (exact) mass is 359 g/mol. The maximum Gasteiger partial charge on any atom is 0.573 e. The zero-order valence-electron chi connectivity index (χ0n) is 14.2. The van der Waals surface area contributed by atoms with Gasteiger partial charge in [-0.3, -0.25) is 0 Å². The molecule has 0 bridgehead atoms. The molecule has 1 aliphatic rings. The summed E-state index contributed by atoms with van der Waals surface area (Å²) in [4.78, 5) is 14.2. The number of para-hydroxylation sites is 1. The Bertz CT molecular complexity index is 566. The fraction of sp³-hybridized carbons (Fsp3) is 0.588. The van der Waals surface area contributed by atoms with Gasteiger partial charge in [-0.25, -0.2) is 4.79 Å². The molecule has 1 saturated heterocycles. The molecule has 0 saturated carbocycles. The molecule has 2 N–H and O–H groups in total. The first-order chi connectivity index (χ1) is 11.8. The van der Waals surface area contributed by atoms with E-state index in [4.69, 9.17) is 0 Å². The molecule has 1 fully saturated rings. The van der Waals surface area contributed by atoms with Crippen LogP contribution in [0.15, 0.2) is 24.3 Å². The van der Waals surface area contributed by atoms with Gasteiger partial charge in [-0.05, 0) is 38.4 Å². The van der Waals surface area contributed by atoms with Crippen LogP contribution >= 0.6 is 0 Å². The second kappa shape index (κ2) is 8.94. The number of likely N-dealkylation sites (tertiary alicyclic amines) is 1. The predicted molar refractivity (Wildman–Crippen MR) is 88.2 cm³/mol. The van der Waals surface area contributed by atoms with Crippen LogP contribution in [-0.2, 0) is 6.54 Å². The van der Waals surface area contributed by atoms with E-state index in [1.165, 1.54) is 18.2 Å². The molecule has 0 spiro atoms. The Labute approximate surface area is 145 Å². The van der Waals surface area contributed by atoms with E-state index in [-0.39, 0.29) is 17.9 Å². The molecule has 0 aliphatic carbocycles. The summed E-state index contributed by atoms with van der Waals surface area (Å²) in [6.07, 6.45) is -1.40. The summed E-state index contributed by atoms with van der Waals surface area (Å²) < 4.78 is 41.1. The van der Waals surface area contributed by atoms with E-state index in [2.05, 4.69) is 27.3 Å². The summed E-state index contributed by atoms with van der Waals surface area (Å²) >= 11 is 0. The van der Waals surface area contributed by atoms with Crippen molar-refractivity contribution in [2.75, 3.05) is 26.7 Å². The van der Waals surface area contributed by atoms with Gasteiger partial charge in [0.1, 0.15) is 5.75 Å². The van der Waals surface area contributed by atoms with Crippen molar-refractivity contribution in [3.8, 4) is 5.75 Å². The molecule has 0 aromatic heterocycles. The van der Waals surface area contributed by atoms with E-state index in [9.17, 15) is 18.0 Å². The third-order valence-corrected chi connectivity index (χ3v) is 4.16. The highest BCUT2D eigenvalue weighted by molar-refractivity contribution is 5.73. The molecule has 5 nitrogen and oxygen atoms in total. The molecule has 1 aromatic carbocycles. The number of nitrogens with one attached hydrogen (secondary N) is 2. The summed E-state index contributed by atoms with van der Waals surface area (Å²) in [6.45, 7) is 2.51. The smallest absolute Gasteiger partial charge is 0.405 e. The van der Waals surface area contributed by atoms with Crippen molar-refractivity contribution in [1.82, 2.24) is 15.5 Å². The van der Waals surface area contributed by atoms with Crippen LogP contribution in [0.2, 0.25) is 0 Å². The minimum Gasteiger partial charge on any atom is -0.405 e. The molecule has 1 atom stereocenters. The number of urea groups is 1. The normalized spacial score (nSPS) is 19.1. The lowest BCUT2D eigenvalue weighted by molar-refractivity contribution is -0.274. The number of halogens is 3. The number of ether oxygens (including phenoxy) is 1. The van der Waals surface area contributed by atoms with Crippen molar-refractivity contribution in [2.45, 2.75) is 32.2 Å². The average Bonchev–Trinajstić information content (AvgIpc) is 2.75. The van der Waals surface area contributed by atoms with Gasteiger partial charge in [0.15, 0.2) is 0 Å². The fourth-order valence-corrected chi connectivity index (χ4v) is 2.95. The third-order valence-electron chi connectivity index (χ3n) is 4.16. The van der Waals surface area contributed by atoms with Crippen LogP contribution < -0.4 is 15.4 Å². The Hall–Kier alpha value is -1.96. The number of carbonyl (C=O) groups excluding carboxylic acids is 1. The highest BCUT2D eigenvalue weighted by atomic mass is 19.4. The van der Waals surface area contributed by atoms with Crippen molar-refractivity contribution in [3.63, 3.8) is 0 Å². The summed E-state index contributed by atoms with van der Waals surface area (Å²) in [5.41, 5.74) is 0.268. The minimum absolute atomic E-state index is 0.0390. The average molecular weight is 359 g/mol. The van der Waals surface area contributed by atoms with Crippen LogP contribution in [0, 0.1) is 5.92 Å². The Morgan fingerprint density at radius 3 is 2.80 bits per heavy atom. The molecule has 1 heterocycles. The van der Waals surface area contributed by atoms with E-state index in [1.807, 2.05) is 0 Å². The van der Waals surface area contributed by atoms with E-state index >= 15 is 0 Å². The molecule has 1 aromatic rings. The van der Waals surface area contributed by atoms with E-state index in [1.54, 1.807) is 6.07 Å². The standard InChI is InChI=1S/C17H24F3N3O2/c1-23-9-5-4-6-13(12-23)10-21-16(24)22-11-14-7-2-3-8-15(14)25-17(18,19)20/h2-3,7-8,13H,4-6,9-12H2,1H3,(H2,21,22,24). The second-order valence-electron chi connectivity index (χ2n) is 6.34. The quantitative estimate of drug-likeness (QED) is 0.849. The van der Waals surface area contributed by atoms with Gasteiger partial charge in [-0.15, -0.1) is 13.2 Å². The largest absolute Gasteiger partial charge is 0.573 e. The Balaban J connectivity index is 1.80. The van der Waals surface area contributed by atoms with Gasteiger partial charge in [0, 0.05) is 25.2 Å². The molecule has 1 aliphatic heterocycles. The molecular formula is C17H24F3N3O2. The topological polar surface area (TPSA) is 53.6 Å². The molecule has 2 rings (SSSR count). The number of benzene rings is 1. The van der Waals surface area contributed by atoms with Crippen molar-refractivity contribution < 1.29 is 22.7 Å². The van der Waals surface area contributed by atoms with E-state index < -0.39 is 12.4 Å². The van der Waals surface area contributed by atoms with Gasteiger partial charge in [0.05, 0.1) is 0 Å². The van der Waals surface area contributed by atoms with Crippen molar-refractivity contribution >= 4 is 6.03 Å². The summed E-state index contributed by atoms with van der Waals surface area (Å²) in [6, 6.07) is 5.37. The Morgan fingerprint density at radius 2 is 2.04 bits per heavy atom. The van der Waals surface area contributed by atoms with Crippen LogP contribution in [0.25, 0.3) is 0 Å². The van der Waals surface area contributed by atoms with Gasteiger partial charge in [-0.1, -0.05) is 24.6 Å². The first kappa shape index (κ1) is 19.4. The lowest BCUT2D eigenvalue weighted by Crippen LogP contribution is -2.40. The molecule has 8 heteroatoms. The zero-order chi connectivity index (χ0) is 18.3. The van der Waals surface area contributed by atoms with Gasteiger partial charge >= 0.3 is 12.4 Å². The predicted octanol–water partition coefficient (Wildman–Crippen LogP) is 3.12. The van der Waals surface area contributed by atoms with Crippen LogP contribution in [-0.4, -0.2) is 44.0 Å². The van der Waals surface area contributed by atoms with E-state index in [0.717, 1.165) is 32.4 Å². The number of carbonyl (C=O) groups is 1. The first-order valence-electron chi connectivity index (χ1n) is 8.37. The van der Waals surface area contributed by atoms with Crippen LogP contribution in [0.5, 0.6) is 5.75 Å². The number of rotatable bonds is 5. The van der Waals surface area contributed by atoms with E-state index in [0.29, 0.717) is 12.5 Å². The molecule has 140 valence electrons. The van der Waals surface area contributed by atoms with Crippen LogP contribution in [0.3, 0.4) is 0 Å². The lowest BCUT2D eigenvalue weighted by atomic mass is 10.0. The molecule has 0 radical (unpaired) electrons. The van der Waals surface area contributed by atoms with Crippen LogP contribution in [0.1, 0.15) is 24.8 Å². The highest BCUT2D eigenvalue weighted by Gasteiger charge is 2.32. The number of nitrogens with zero attached hydrogens (tertiary/aromatic N) is 1. The Kier molecular flexibility index (Phi) is 6.92. The minimum atomic E-state index is -4.76. The summed E-state index contributed by atoms with van der Waals surface area (Å²) in [7, 11) is 2.07. The molecule has 25 heavy (non-hydrogen) atoms. The number of alkyl halides is 3. The van der Waals surface area contributed by atoms with Gasteiger partial charge in [0.25, 0.3) is 0 Å². The molecular weight excluding hydrogens is 335 g/mol.